The van der Waals surface area contributed by atoms with E-state index in [0.29, 0.717) is 0 Å². The van der Waals surface area contributed by atoms with Crippen molar-refractivity contribution in [3.05, 3.63) is 0 Å². The molecule has 1 N–H and O–H groups in total. The first-order valence-corrected chi connectivity index (χ1v) is 4.02. The van der Waals surface area contributed by atoms with Crippen LogP contribution in [0.2, 0.25) is 0 Å². The molecule has 1 fully saturated rings. The molecule has 0 bridgehead atoms. The van der Waals surface area contributed by atoms with Gasteiger partial charge < -0.3 is 5.11 Å². The topological polar surface area (TPSA) is 37.3 Å². The average Bonchev–Trinajstić information content (AvgIpc) is 1.88. The SMILES string of the molecule is O=C(O)C1CCCCC1Cl.[Zn]. The third kappa shape index (κ3) is 3.08. The molecule has 0 radical (unpaired) electrons. The van der Waals surface area contributed by atoms with Crippen molar-refractivity contribution in [3.63, 3.8) is 0 Å². The number of halogens is 1. The Morgan fingerprint density at radius 1 is 1.36 bits per heavy atom. The zero-order valence-electron chi connectivity index (χ0n) is 6.42. The van der Waals surface area contributed by atoms with Crippen molar-refractivity contribution in [1.29, 1.82) is 0 Å². The summed E-state index contributed by atoms with van der Waals surface area (Å²) in [6.07, 6.45) is 3.71. The van der Waals surface area contributed by atoms with Crippen LogP contribution in [-0.4, -0.2) is 16.5 Å². The first-order valence-electron chi connectivity index (χ1n) is 3.58. The Balaban J connectivity index is 0.000001000. The number of rotatable bonds is 1. The standard InChI is InChI=1S/C7H11ClO2.Zn/c8-6-4-2-1-3-5(6)7(9)10;/h5-6H,1-4H2,(H,9,10);. The third-order valence-corrected chi connectivity index (χ3v) is 2.52. The molecule has 0 amide bonds. The molecule has 1 rings (SSSR count). The van der Waals surface area contributed by atoms with Crippen LogP contribution in [-0.2, 0) is 24.3 Å². The molecule has 2 unspecified atom stereocenters. The minimum absolute atomic E-state index is 0. The van der Waals surface area contributed by atoms with Gasteiger partial charge in [-0.1, -0.05) is 12.8 Å². The van der Waals surface area contributed by atoms with Crippen LogP contribution in [0.3, 0.4) is 0 Å². The molecule has 60 valence electrons. The first kappa shape index (κ1) is 11.4. The largest absolute Gasteiger partial charge is 0.481 e. The average molecular weight is 228 g/mol. The van der Waals surface area contributed by atoms with Gasteiger partial charge in [0, 0.05) is 24.9 Å². The van der Waals surface area contributed by atoms with E-state index in [1.165, 1.54) is 0 Å². The predicted octanol–water partition coefficient (Wildman–Crippen LogP) is 1.87. The van der Waals surface area contributed by atoms with Gasteiger partial charge in [-0.15, -0.1) is 11.6 Å². The molecule has 0 aromatic carbocycles. The number of alkyl halides is 1. The second-order valence-corrected chi connectivity index (χ2v) is 3.31. The van der Waals surface area contributed by atoms with Gasteiger partial charge in [0.1, 0.15) is 0 Å². The maximum atomic E-state index is 10.5. The second-order valence-electron chi connectivity index (χ2n) is 2.75. The summed E-state index contributed by atoms with van der Waals surface area (Å²) in [6.45, 7) is 0. The molecule has 11 heavy (non-hydrogen) atoms. The fraction of sp³-hybridized carbons (Fsp3) is 0.857. The first-order chi connectivity index (χ1) is 4.72. The van der Waals surface area contributed by atoms with E-state index in [2.05, 4.69) is 0 Å². The monoisotopic (exact) mass is 226 g/mol. The van der Waals surface area contributed by atoms with Gasteiger partial charge in [-0.05, 0) is 12.8 Å². The Morgan fingerprint density at radius 2 is 1.91 bits per heavy atom. The molecule has 0 heterocycles. The van der Waals surface area contributed by atoms with Crippen molar-refractivity contribution in [2.75, 3.05) is 0 Å². The third-order valence-electron chi connectivity index (χ3n) is 2.00. The van der Waals surface area contributed by atoms with Crippen LogP contribution in [0.1, 0.15) is 25.7 Å². The van der Waals surface area contributed by atoms with Crippen molar-refractivity contribution in [2.24, 2.45) is 5.92 Å². The number of carboxylic acid groups (broad SMARTS) is 1. The van der Waals surface area contributed by atoms with Gasteiger partial charge >= 0.3 is 5.97 Å². The van der Waals surface area contributed by atoms with Crippen LogP contribution in [0.15, 0.2) is 0 Å². The van der Waals surface area contributed by atoms with E-state index < -0.39 is 5.97 Å². The van der Waals surface area contributed by atoms with Crippen molar-refractivity contribution >= 4 is 17.6 Å². The Bertz CT molecular complexity index is 140. The van der Waals surface area contributed by atoms with E-state index >= 15 is 0 Å². The van der Waals surface area contributed by atoms with Crippen LogP contribution < -0.4 is 0 Å². The van der Waals surface area contributed by atoms with Gasteiger partial charge in [-0.25, -0.2) is 0 Å². The molecule has 4 heteroatoms. The smallest absolute Gasteiger partial charge is 0.307 e. The van der Waals surface area contributed by atoms with Crippen LogP contribution in [0, 0.1) is 5.92 Å². The number of aliphatic carboxylic acids is 1. The molecule has 0 saturated heterocycles. The fourth-order valence-corrected chi connectivity index (χ4v) is 1.75. The summed E-state index contributed by atoms with van der Waals surface area (Å²) in [5.41, 5.74) is 0. The molecule has 2 nitrogen and oxygen atoms in total. The summed E-state index contributed by atoms with van der Waals surface area (Å²) in [6, 6.07) is 0. The molecule has 0 aromatic rings. The van der Waals surface area contributed by atoms with Gasteiger partial charge in [-0.2, -0.15) is 0 Å². The van der Waals surface area contributed by atoms with Crippen LogP contribution in [0.25, 0.3) is 0 Å². The minimum Gasteiger partial charge on any atom is -0.481 e. The summed E-state index contributed by atoms with van der Waals surface area (Å²) in [5.74, 6) is -1.03. The summed E-state index contributed by atoms with van der Waals surface area (Å²) in [7, 11) is 0. The van der Waals surface area contributed by atoms with Gasteiger partial charge in [0.05, 0.1) is 5.92 Å². The van der Waals surface area contributed by atoms with Gasteiger partial charge in [0.15, 0.2) is 0 Å². The maximum absolute atomic E-state index is 10.5. The Hall–Kier alpha value is 0.383. The molecule has 0 aromatic heterocycles. The predicted molar refractivity (Wildman–Crippen MR) is 39.2 cm³/mol. The van der Waals surface area contributed by atoms with Crippen molar-refractivity contribution in [2.45, 2.75) is 31.1 Å². The van der Waals surface area contributed by atoms with Gasteiger partial charge in [-0.3, -0.25) is 4.79 Å². The second kappa shape index (κ2) is 5.10. The van der Waals surface area contributed by atoms with E-state index in [9.17, 15) is 4.79 Å². The normalized spacial score (nSPS) is 30.6. The Kier molecular flexibility index (Phi) is 5.28. The van der Waals surface area contributed by atoms with Crippen molar-refractivity contribution < 1.29 is 29.4 Å². The van der Waals surface area contributed by atoms with Crippen LogP contribution in [0.4, 0.5) is 0 Å². The molecule has 0 spiro atoms. The van der Waals surface area contributed by atoms with Crippen LogP contribution in [0.5, 0.6) is 0 Å². The van der Waals surface area contributed by atoms with Gasteiger partial charge in [0.25, 0.3) is 0 Å². The maximum Gasteiger partial charge on any atom is 0.307 e. The quantitative estimate of drug-likeness (QED) is 0.549. The molecular formula is C7H11ClO2Zn. The zero-order chi connectivity index (χ0) is 7.56. The number of carboxylic acids is 1. The summed E-state index contributed by atoms with van der Waals surface area (Å²) in [4.78, 5) is 10.5. The molecule has 1 aliphatic rings. The van der Waals surface area contributed by atoms with E-state index in [4.69, 9.17) is 16.7 Å². The van der Waals surface area contributed by atoms with E-state index in [0.717, 1.165) is 25.7 Å². The number of hydrogen-bond donors (Lipinski definition) is 1. The number of hydrogen-bond acceptors (Lipinski definition) is 1. The summed E-state index contributed by atoms with van der Waals surface area (Å²) in [5, 5.41) is 8.49. The molecule has 0 aliphatic heterocycles. The molecular weight excluding hydrogens is 217 g/mol. The molecule has 1 saturated carbocycles. The Labute approximate surface area is 84.1 Å². The molecule has 2 atom stereocenters. The van der Waals surface area contributed by atoms with E-state index in [-0.39, 0.29) is 30.8 Å². The number of carbonyl (C=O) groups is 1. The summed E-state index contributed by atoms with van der Waals surface area (Å²) < 4.78 is 0. The van der Waals surface area contributed by atoms with E-state index in [1.807, 2.05) is 0 Å². The fourth-order valence-electron chi connectivity index (χ4n) is 1.36. The van der Waals surface area contributed by atoms with Crippen LogP contribution >= 0.6 is 11.6 Å². The summed E-state index contributed by atoms with van der Waals surface area (Å²) >= 11 is 5.80. The minimum atomic E-state index is -0.736. The van der Waals surface area contributed by atoms with E-state index in [1.54, 1.807) is 0 Å². The van der Waals surface area contributed by atoms with Crippen molar-refractivity contribution in [1.82, 2.24) is 0 Å². The zero-order valence-corrected chi connectivity index (χ0v) is 10.1. The Morgan fingerprint density at radius 3 is 2.27 bits per heavy atom. The molecule has 1 aliphatic carbocycles. The van der Waals surface area contributed by atoms with Crippen molar-refractivity contribution in [3.8, 4) is 0 Å². The van der Waals surface area contributed by atoms with Gasteiger partial charge in [0.2, 0.25) is 0 Å².